The maximum absolute atomic E-state index is 12.4. The number of aromatic amines is 1. The van der Waals surface area contributed by atoms with E-state index in [0.29, 0.717) is 26.9 Å². The molecule has 30 heavy (non-hydrogen) atoms. The highest BCUT2D eigenvalue weighted by molar-refractivity contribution is 7.99. The van der Waals surface area contributed by atoms with E-state index in [1.165, 1.54) is 6.20 Å². The number of anilines is 1. The summed E-state index contributed by atoms with van der Waals surface area (Å²) in [4.78, 5) is 32.0. The Labute approximate surface area is 181 Å². The number of nitrogens with zero attached hydrogens (tertiary/aromatic N) is 3. The van der Waals surface area contributed by atoms with Crippen molar-refractivity contribution in [2.75, 3.05) is 11.1 Å². The molecule has 2 N–H and O–H groups in total. The number of rotatable bonds is 5. The smallest absolute Gasteiger partial charge is 0.262 e. The number of hydrogen-bond acceptors (Lipinski definition) is 5. The topological polar surface area (TPSA) is 92.7 Å². The second-order valence-corrected chi connectivity index (χ2v) is 8.13. The molecule has 4 rings (SSSR count). The lowest BCUT2D eigenvalue weighted by atomic mass is 10.1. The van der Waals surface area contributed by atoms with Crippen LogP contribution in [0.15, 0.2) is 58.6 Å². The van der Waals surface area contributed by atoms with Crippen LogP contribution in [0.5, 0.6) is 0 Å². The van der Waals surface area contributed by atoms with Crippen molar-refractivity contribution in [3.8, 4) is 5.69 Å². The summed E-state index contributed by atoms with van der Waals surface area (Å²) in [7, 11) is 0. The minimum Gasteiger partial charge on any atom is -0.325 e. The summed E-state index contributed by atoms with van der Waals surface area (Å²) in [5.41, 5.74) is 3.68. The van der Waals surface area contributed by atoms with E-state index >= 15 is 0 Å². The Morgan fingerprint density at radius 3 is 2.83 bits per heavy atom. The summed E-state index contributed by atoms with van der Waals surface area (Å²) in [5, 5.41) is 8.42. The first kappa shape index (κ1) is 20.2. The van der Waals surface area contributed by atoms with Gasteiger partial charge in [-0.05, 0) is 49.2 Å². The van der Waals surface area contributed by atoms with Gasteiger partial charge in [-0.1, -0.05) is 41.6 Å². The number of hydrogen-bond donors (Lipinski definition) is 2. The molecule has 0 saturated carbocycles. The highest BCUT2D eigenvalue weighted by Gasteiger charge is 2.14. The van der Waals surface area contributed by atoms with Gasteiger partial charge in [-0.2, -0.15) is 5.10 Å². The second kappa shape index (κ2) is 8.33. The zero-order valence-electron chi connectivity index (χ0n) is 16.3. The van der Waals surface area contributed by atoms with Gasteiger partial charge >= 0.3 is 0 Å². The summed E-state index contributed by atoms with van der Waals surface area (Å²) < 4.78 is 1.55. The average molecular weight is 440 g/mol. The Morgan fingerprint density at radius 1 is 1.23 bits per heavy atom. The third-order valence-corrected chi connectivity index (χ3v) is 5.80. The van der Waals surface area contributed by atoms with Gasteiger partial charge in [0.05, 0.1) is 17.6 Å². The monoisotopic (exact) mass is 439 g/mol. The molecule has 0 aliphatic rings. The molecule has 7 nitrogen and oxygen atoms in total. The van der Waals surface area contributed by atoms with E-state index in [0.717, 1.165) is 28.6 Å². The fourth-order valence-electron chi connectivity index (χ4n) is 2.97. The van der Waals surface area contributed by atoms with E-state index in [-0.39, 0.29) is 17.2 Å². The van der Waals surface area contributed by atoms with Gasteiger partial charge in [-0.15, -0.1) is 0 Å². The molecule has 0 bridgehead atoms. The largest absolute Gasteiger partial charge is 0.325 e. The molecule has 2 aromatic heterocycles. The quantitative estimate of drug-likeness (QED) is 0.360. The Balaban J connectivity index is 1.56. The third-order valence-electron chi connectivity index (χ3n) is 4.69. The average Bonchev–Trinajstić information content (AvgIpc) is 3.14. The molecule has 0 fully saturated rings. The number of carbonyl (C=O) groups is 1. The number of benzene rings is 2. The highest BCUT2D eigenvalue weighted by atomic mass is 35.5. The van der Waals surface area contributed by atoms with Crippen molar-refractivity contribution in [2.45, 2.75) is 19.0 Å². The number of aryl methyl sites for hydroxylation is 1. The van der Waals surface area contributed by atoms with Crippen LogP contribution in [0, 0.1) is 13.8 Å². The Hall–Kier alpha value is -3.10. The van der Waals surface area contributed by atoms with Crippen LogP contribution < -0.4 is 10.9 Å². The lowest BCUT2D eigenvalue weighted by molar-refractivity contribution is -0.113. The maximum Gasteiger partial charge on any atom is 0.262 e. The van der Waals surface area contributed by atoms with E-state index in [1.807, 2.05) is 38.1 Å². The van der Waals surface area contributed by atoms with Crippen LogP contribution in [-0.2, 0) is 4.79 Å². The van der Waals surface area contributed by atoms with Crippen molar-refractivity contribution in [3.05, 3.63) is 75.2 Å². The Morgan fingerprint density at radius 2 is 2.03 bits per heavy atom. The van der Waals surface area contributed by atoms with E-state index in [1.54, 1.807) is 22.9 Å². The van der Waals surface area contributed by atoms with Gasteiger partial charge in [-0.3, -0.25) is 9.59 Å². The molecule has 9 heteroatoms. The molecule has 0 unspecified atom stereocenters. The van der Waals surface area contributed by atoms with E-state index in [9.17, 15) is 9.59 Å². The lowest BCUT2D eigenvalue weighted by Gasteiger charge is -2.10. The standard InChI is InChI=1S/C21H18ClN5O2S/c1-12-5-3-8-17(13(12)2)24-18(28)11-30-21-25-19-16(20(29)26-21)10-23-27(19)15-7-4-6-14(22)9-15/h3-10H,11H2,1-2H3,(H,24,28)(H,25,26,29). The van der Waals surface area contributed by atoms with E-state index in [2.05, 4.69) is 20.4 Å². The van der Waals surface area contributed by atoms with Gasteiger partial charge in [-0.25, -0.2) is 9.67 Å². The molecule has 1 amide bonds. The summed E-state index contributed by atoms with van der Waals surface area (Å²) in [6.45, 7) is 3.95. The summed E-state index contributed by atoms with van der Waals surface area (Å²) in [6, 6.07) is 12.9. The fourth-order valence-corrected chi connectivity index (χ4v) is 3.81. The molecule has 0 aliphatic carbocycles. The van der Waals surface area contributed by atoms with Gasteiger partial charge in [0.1, 0.15) is 5.39 Å². The number of halogens is 1. The van der Waals surface area contributed by atoms with Crippen LogP contribution in [0.1, 0.15) is 11.1 Å². The minimum atomic E-state index is -0.314. The number of thioether (sulfide) groups is 1. The fraction of sp³-hybridized carbons (Fsp3) is 0.143. The predicted octanol–water partition coefficient (Wildman–Crippen LogP) is 4.11. The molecule has 0 atom stereocenters. The number of amides is 1. The van der Waals surface area contributed by atoms with Crippen LogP contribution in [-0.4, -0.2) is 31.4 Å². The molecule has 4 aromatic rings. The molecule has 0 spiro atoms. The van der Waals surface area contributed by atoms with Crippen molar-refractivity contribution in [1.29, 1.82) is 0 Å². The lowest BCUT2D eigenvalue weighted by Crippen LogP contribution is -2.16. The van der Waals surface area contributed by atoms with Gasteiger partial charge < -0.3 is 10.3 Å². The Kier molecular flexibility index (Phi) is 5.61. The maximum atomic E-state index is 12.4. The normalized spacial score (nSPS) is 11.0. The number of carbonyl (C=O) groups excluding carboxylic acids is 1. The number of aromatic nitrogens is 4. The highest BCUT2D eigenvalue weighted by Crippen LogP contribution is 2.21. The van der Waals surface area contributed by atoms with Gasteiger partial charge in [0.2, 0.25) is 5.91 Å². The first-order valence-corrected chi connectivity index (χ1v) is 10.5. The molecular weight excluding hydrogens is 422 g/mol. The van der Waals surface area contributed by atoms with E-state index in [4.69, 9.17) is 11.6 Å². The van der Waals surface area contributed by atoms with Gasteiger partial charge in [0.15, 0.2) is 10.8 Å². The Bertz CT molecular complexity index is 1310. The van der Waals surface area contributed by atoms with Crippen molar-refractivity contribution in [3.63, 3.8) is 0 Å². The molecule has 0 radical (unpaired) electrons. The number of fused-ring (bicyclic) bond motifs is 1. The van der Waals surface area contributed by atoms with Crippen molar-refractivity contribution < 1.29 is 4.79 Å². The first-order chi connectivity index (χ1) is 14.4. The third kappa shape index (κ3) is 4.10. The zero-order valence-corrected chi connectivity index (χ0v) is 17.8. The predicted molar refractivity (Wildman–Crippen MR) is 120 cm³/mol. The van der Waals surface area contributed by atoms with Crippen molar-refractivity contribution >= 4 is 46.0 Å². The zero-order chi connectivity index (χ0) is 21.3. The van der Waals surface area contributed by atoms with Crippen LogP contribution in [0.3, 0.4) is 0 Å². The van der Waals surface area contributed by atoms with Crippen molar-refractivity contribution in [2.24, 2.45) is 0 Å². The molecule has 2 aromatic carbocycles. The van der Waals surface area contributed by atoms with Crippen LogP contribution in [0.4, 0.5) is 5.69 Å². The van der Waals surface area contributed by atoms with Crippen LogP contribution >= 0.6 is 23.4 Å². The van der Waals surface area contributed by atoms with Gasteiger partial charge in [0.25, 0.3) is 5.56 Å². The second-order valence-electron chi connectivity index (χ2n) is 6.73. The summed E-state index contributed by atoms with van der Waals surface area (Å²) >= 11 is 7.22. The molecule has 0 aliphatic heterocycles. The minimum absolute atomic E-state index is 0.104. The molecule has 0 saturated heterocycles. The van der Waals surface area contributed by atoms with Crippen LogP contribution in [0.2, 0.25) is 5.02 Å². The first-order valence-electron chi connectivity index (χ1n) is 9.15. The van der Waals surface area contributed by atoms with E-state index < -0.39 is 0 Å². The van der Waals surface area contributed by atoms with Crippen molar-refractivity contribution in [1.82, 2.24) is 19.7 Å². The summed E-state index contributed by atoms with van der Waals surface area (Å²) in [5.74, 6) is -0.0764. The number of H-pyrrole nitrogens is 1. The van der Waals surface area contributed by atoms with Gasteiger partial charge in [0, 0.05) is 10.7 Å². The molecule has 152 valence electrons. The molecule has 2 heterocycles. The SMILES string of the molecule is Cc1cccc(NC(=O)CSc2nc3c(cnn3-c3cccc(Cl)c3)c(=O)[nH]2)c1C. The number of nitrogens with one attached hydrogen (secondary N) is 2. The van der Waals surface area contributed by atoms with Crippen LogP contribution in [0.25, 0.3) is 16.7 Å². The summed E-state index contributed by atoms with van der Waals surface area (Å²) in [6.07, 6.45) is 1.46. The molecular formula is C21H18ClN5O2S.